The van der Waals surface area contributed by atoms with E-state index in [1.807, 2.05) is 0 Å². The molecule has 0 bridgehead atoms. The lowest BCUT2D eigenvalue weighted by Crippen LogP contribution is -2.50. The number of hydrogen-bond donors (Lipinski definition) is 3. The van der Waals surface area contributed by atoms with E-state index in [1.54, 1.807) is 0 Å². The van der Waals surface area contributed by atoms with Gasteiger partial charge in [0, 0.05) is 12.6 Å². The van der Waals surface area contributed by atoms with Crippen molar-refractivity contribution in [1.82, 2.24) is 14.8 Å². The van der Waals surface area contributed by atoms with Crippen LogP contribution in [0.15, 0.2) is 0 Å². The van der Waals surface area contributed by atoms with Gasteiger partial charge in [-0.05, 0) is 19.4 Å². The maximum Gasteiger partial charge on any atom is 0.402 e. The molecule has 0 radical (unpaired) electrons. The number of hydrogen-bond acceptors (Lipinski definition) is 3. The Balaban J connectivity index is 2.38. The monoisotopic (exact) mass is 261 g/mol. The van der Waals surface area contributed by atoms with Crippen LogP contribution in [0.3, 0.4) is 0 Å². The van der Waals surface area contributed by atoms with E-state index in [0.717, 1.165) is 13.0 Å². The molecule has 0 spiro atoms. The second-order valence-electron chi connectivity index (χ2n) is 3.60. The maximum absolute atomic E-state index is 11.8. The average Bonchev–Trinajstić information content (AvgIpc) is 2.15. The van der Waals surface area contributed by atoms with Crippen molar-refractivity contribution in [3.05, 3.63) is 0 Å². The standard InChI is InChI=1S/C7H14F3N3O2S/c8-7(9,10)5-12-16(14,15)13-6-2-1-3-11-4-6/h6,11-13H,1-5H2/t6-/m1/s1. The predicted octanol–water partition coefficient (Wildman–Crippen LogP) is -0.275. The highest BCUT2D eigenvalue weighted by Gasteiger charge is 2.30. The van der Waals surface area contributed by atoms with Gasteiger partial charge in [-0.3, -0.25) is 0 Å². The Morgan fingerprint density at radius 2 is 2.06 bits per heavy atom. The van der Waals surface area contributed by atoms with Crippen LogP contribution in [0.2, 0.25) is 0 Å². The SMILES string of the molecule is O=S(=O)(NCC(F)(F)F)N[C@@H]1CCCNC1. The summed E-state index contributed by atoms with van der Waals surface area (Å²) in [6.45, 7) is -0.316. The van der Waals surface area contributed by atoms with Gasteiger partial charge < -0.3 is 5.32 Å². The summed E-state index contributed by atoms with van der Waals surface area (Å²) in [6.07, 6.45) is -3.12. The van der Waals surface area contributed by atoms with Gasteiger partial charge >= 0.3 is 6.18 Å². The second kappa shape index (κ2) is 5.30. The molecule has 0 aliphatic carbocycles. The van der Waals surface area contributed by atoms with E-state index in [-0.39, 0.29) is 6.04 Å². The van der Waals surface area contributed by atoms with Crippen molar-refractivity contribution in [2.75, 3.05) is 19.6 Å². The first-order valence-corrected chi connectivity index (χ1v) is 6.31. The summed E-state index contributed by atoms with van der Waals surface area (Å²) in [5.41, 5.74) is 0. The molecule has 3 N–H and O–H groups in total. The lowest BCUT2D eigenvalue weighted by molar-refractivity contribution is -0.121. The van der Waals surface area contributed by atoms with Gasteiger partial charge in [-0.2, -0.15) is 31.0 Å². The van der Waals surface area contributed by atoms with Gasteiger partial charge in [-0.15, -0.1) is 0 Å². The van der Waals surface area contributed by atoms with E-state index in [4.69, 9.17) is 0 Å². The van der Waals surface area contributed by atoms with Crippen molar-refractivity contribution >= 4 is 10.2 Å². The van der Waals surface area contributed by atoms with Crippen LogP contribution in [-0.2, 0) is 10.2 Å². The molecule has 5 nitrogen and oxygen atoms in total. The van der Waals surface area contributed by atoms with Crippen LogP contribution < -0.4 is 14.8 Å². The molecule has 1 atom stereocenters. The quantitative estimate of drug-likeness (QED) is 0.652. The van der Waals surface area contributed by atoms with Gasteiger partial charge in [-0.1, -0.05) is 0 Å². The Kier molecular flexibility index (Phi) is 4.53. The summed E-state index contributed by atoms with van der Waals surface area (Å²) in [6, 6.07) is -0.348. The number of rotatable bonds is 4. The molecule has 0 saturated carbocycles. The molecule has 1 heterocycles. The fourth-order valence-electron chi connectivity index (χ4n) is 1.39. The predicted molar refractivity (Wildman–Crippen MR) is 52.0 cm³/mol. The largest absolute Gasteiger partial charge is 0.402 e. The molecule has 0 aromatic heterocycles. The van der Waals surface area contributed by atoms with Crippen molar-refractivity contribution in [1.29, 1.82) is 0 Å². The minimum absolute atomic E-state index is 0.348. The van der Waals surface area contributed by atoms with Crippen LogP contribution >= 0.6 is 0 Å². The molecule has 0 unspecified atom stereocenters. The first-order valence-electron chi connectivity index (χ1n) is 4.83. The third-order valence-electron chi connectivity index (χ3n) is 2.08. The van der Waals surface area contributed by atoms with Gasteiger partial charge in [0.15, 0.2) is 0 Å². The van der Waals surface area contributed by atoms with Crippen LogP contribution in [0, 0.1) is 0 Å². The number of nitrogens with one attached hydrogen (secondary N) is 3. The molecule has 1 saturated heterocycles. The minimum atomic E-state index is -4.54. The molecule has 16 heavy (non-hydrogen) atoms. The summed E-state index contributed by atoms with van der Waals surface area (Å²) in [4.78, 5) is 0. The molecule has 0 amide bonds. The summed E-state index contributed by atoms with van der Waals surface area (Å²) in [7, 11) is -4.07. The highest BCUT2D eigenvalue weighted by atomic mass is 32.2. The Morgan fingerprint density at radius 3 is 2.56 bits per heavy atom. The first-order chi connectivity index (χ1) is 7.29. The fraction of sp³-hybridized carbons (Fsp3) is 1.00. The summed E-state index contributed by atoms with van der Waals surface area (Å²) in [5, 5.41) is 2.95. The summed E-state index contributed by atoms with van der Waals surface area (Å²) >= 11 is 0. The minimum Gasteiger partial charge on any atom is -0.315 e. The zero-order valence-corrected chi connectivity index (χ0v) is 9.29. The van der Waals surface area contributed by atoms with Gasteiger partial charge in [0.2, 0.25) is 0 Å². The lowest BCUT2D eigenvalue weighted by atomic mass is 10.1. The highest BCUT2D eigenvalue weighted by Crippen LogP contribution is 2.12. The molecule has 1 rings (SSSR count). The van der Waals surface area contributed by atoms with Crippen molar-refractivity contribution in [2.24, 2.45) is 0 Å². The number of piperidine rings is 1. The molecular weight excluding hydrogens is 247 g/mol. The highest BCUT2D eigenvalue weighted by molar-refractivity contribution is 7.87. The maximum atomic E-state index is 11.8. The van der Waals surface area contributed by atoms with Gasteiger partial charge in [0.25, 0.3) is 10.2 Å². The first kappa shape index (κ1) is 13.7. The van der Waals surface area contributed by atoms with Gasteiger partial charge in [-0.25, -0.2) is 0 Å². The van der Waals surface area contributed by atoms with E-state index >= 15 is 0 Å². The second-order valence-corrected chi connectivity index (χ2v) is 5.13. The van der Waals surface area contributed by atoms with Crippen LogP contribution in [0.4, 0.5) is 13.2 Å². The fourth-order valence-corrected chi connectivity index (χ4v) is 2.47. The molecule has 9 heteroatoms. The normalized spacial score (nSPS) is 23.3. The zero-order chi connectivity index (χ0) is 12.2. The van der Waals surface area contributed by atoms with Gasteiger partial charge in [0.1, 0.15) is 6.54 Å². The summed E-state index contributed by atoms with van der Waals surface area (Å²) in [5.74, 6) is 0. The van der Waals surface area contributed by atoms with Crippen molar-refractivity contribution < 1.29 is 21.6 Å². The van der Waals surface area contributed by atoms with Crippen LogP contribution in [0.5, 0.6) is 0 Å². The molecule has 0 aromatic carbocycles. The average molecular weight is 261 g/mol. The smallest absolute Gasteiger partial charge is 0.315 e. The zero-order valence-electron chi connectivity index (χ0n) is 8.47. The Morgan fingerprint density at radius 1 is 1.38 bits per heavy atom. The summed E-state index contributed by atoms with van der Waals surface area (Å²) < 4.78 is 61.4. The molecule has 0 aromatic rings. The van der Waals surface area contributed by atoms with Gasteiger partial charge in [0.05, 0.1) is 0 Å². The number of halogens is 3. The topological polar surface area (TPSA) is 70.2 Å². The van der Waals surface area contributed by atoms with E-state index in [2.05, 4.69) is 10.0 Å². The molecule has 1 aliphatic heterocycles. The number of alkyl halides is 3. The van der Waals surface area contributed by atoms with Crippen LogP contribution in [0.1, 0.15) is 12.8 Å². The van der Waals surface area contributed by atoms with E-state index < -0.39 is 22.9 Å². The molecule has 96 valence electrons. The third-order valence-corrected chi connectivity index (χ3v) is 3.25. The van der Waals surface area contributed by atoms with Crippen molar-refractivity contribution in [2.45, 2.75) is 25.1 Å². The third kappa shape index (κ3) is 5.64. The van der Waals surface area contributed by atoms with E-state index in [0.29, 0.717) is 13.0 Å². The Hall–Kier alpha value is -0.380. The van der Waals surface area contributed by atoms with E-state index in [9.17, 15) is 21.6 Å². The van der Waals surface area contributed by atoms with Crippen molar-refractivity contribution in [3.8, 4) is 0 Å². The Bertz CT molecular complexity index is 311. The van der Waals surface area contributed by atoms with E-state index in [1.165, 1.54) is 4.72 Å². The van der Waals surface area contributed by atoms with Crippen molar-refractivity contribution in [3.63, 3.8) is 0 Å². The molecule has 1 fully saturated rings. The van der Waals surface area contributed by atoms with Crippen LogP contribution in [0.25, 0.3) is 0 Å². The molecule has 1 aliphatic rings. The lowest BCUT2D eigenvalue weighted by Gasteiger charge is -2.23. The van der Waals surface area contributed by atoms with Crippen LogP contribution in [-0.4, -0.2) is 40.3 Å². The Labute approximate surface area is 92.0 Å². The molecular formula is C7H14F3N3O2S.